The van der Waals surface area contributed by atoms with Gasteiger partial charge in [0.15, 0.2) is 5.96 Å². The molecule has 1 aliphatic heterocycles. The fraction of sp³-hybridized carbons (Fsp3) is 0.667. The van der Waals surface area contributed by atoms with Gasteiger partial charge in [-0.1, -0.05) is 31.4 Å². The summed E-state index contributed by atoms with van der Waals surface area (Å²) in [5, 5.41) is 19.4. The van der Waals surface area contributed by atoms with Crippen LogP contribution in [0.4, 0.5) is 10.5 Å². The van der Waals surface area contributed by atoms with E-state index in [9.17, 15) is 9.90 Å². The quantitative estimate of drug-likeness (QED) is 0.375. The van der Waals surface area contributed by atoms with Gasteiger partial charge in [0, 0.05) is 38.5 Å². The van der Waals surface area contributed by atoms with Gasteiger partial charge in [0.25, 0.3) is 0 Å². The minimum Gasteiger partial charge on any atom is -0.396 e. The number of guanidine groups is 1. The van der Waals surface area contributed by atoms with Crippen LogP contribution in [0.5, 0.6) is 0 Å². The Hall–Kier alpha value is -2.28. The van der Waals surface area contributed by atoms with Gasteiger partial charge in [-0.05, 0) is 62.1 Å². The zero-order valence-corrected chi connectivity index (χ0v) is 19.0. The topological polar surface area (TPSA) is 89.0 Å². The second-order valence-electron chi connectivity index (χ2n) is 8.91. The Kier molecular flexibility index (Phi) is 9.00. The van der Waals surface area contributed by atoms with Crippen LogP contribution >= 0.6 is 0 Å². The van der Waals surface area contributed by atoms with Crippen molar-refractivity contribution in [2.24, 2.45) is 10.4 Å². The Morgan fingerprint density at radius 2 is 1.90 bits per heavy atom. The molecule has 1 aromatic carbocycles. The normalized spacial score (nSPS) is 18.6. The van der Waals surface area contributed by atoms with Crippen LogP contribution in [0, 0.1) is 5.41 Å². The van der Waals surface area contributed by atoms with Crippen LogP contribution in [0.15, 0.2) is 29.3 Å². The number of carbonyl (C=O) groups excluding carboxylic acids is 1. The number of aliphatic hydroxyl groups is 1. The van der Waals surface area contributed by atoms with Crippen molar-refractivity contribution in [3.63, 3.8) is 0 Å². The average Bonchev–Trinajstić information content (AvgIpc) is 3.32. The van der Waals surface area contributed by atoms with E-state index >= 15 is 0 Å². The van der Waals surface area contributed by atoms with E-state index in [1.54, 1.807) is 0 Å². The molecule has 2 aliphatic rings. The molecule has 3 rings (SSSR count). The monoisotopic (exact) mass is 429 g/mol. The first kappa shape index (κ1) is 23.4. The number of amides is 2. The van der Waals surface area contributed by atoms with Gasteiger partial charge >= 0.3 is 6.03 Å². The second kappa shape index (κ2) is 11.9. The van der Waals surface area contributed by atoms with Gasteiger partial charge in [-0.2, -0.15) is 0 Å². The number of aliphatic hydroxyl groups excluding tert-OH is 1. The Bertz CT molecular complexity index is 719. The largest absolute Gasteiger partial charge is 0.396 e. The fourth-order valence-corrected chi connectivity index (χ4v) is 4.71. The molecule has 0 aromatic heterocycles. The van der Waals surface area contributed by atoms with E-state index in [-0.39, 0.29) is 18.1 Å². The summed E-state index contributed by atoms with van der Waals surface area (Å²) in [6.07, 6.45) is 9.13. The predicted octanol–water partition coefficient (Wildman–Crippen LogP) is 3.70. The first-order valence-corrected chi connectivity index (χ1v) is 11.9. The van der Waals surface area contributed by atoms with E-state index in [0.717, 1.165) is 62.7 Å². The van der Waals surface area contributed by atoms with E-state index in [1.165, 1.54) is 32.1 Å². The lowest BCUT2D eigenvalue weighted by molar-refractivity contribution is 0.131. The Morgan fingerprint density at radius 1 is 1.13 bits per heavy atom. The van der Waals surface area contributed by atoms with Crippen molar-refractivity contribution in [1.82, 2.24) is 15.5 Å². The van der Waals surface area contributed by atoms with Gasteiger partial charge in [-0.15, -0.1) is 0 Å². The molecule has 7 nitrogen and oxygen atoms in total. The van der Waals surface area contributed by atoms with Crippen molar-refractivity contribution in [1.29, 1.82) is 0 Å². The molecule has 1 saturated carbocycles. The number of nitrogens with zero attached hydrogens (tertiary/aromatic N) is 2. The number of benzene rings is 1. The lowest BCUT2D eigenvalue weighted by atomic mass is 9.72. The SMILES string of the molecule is CCNC(=NCc1cccc(NC(=O)N2CCCC2)c1)NCC1(CCO)CCCCC1. The third-order valence-electron chi connectivity index (χ3n) is 6.52. The number of hydrogen-bond donors (Lipinski definition) is 4. The van der Waals surface area contributed by atoms with Gasteiger partial charge in [-0.3, -0.25) is 0 Å². The first-order chi connectivity index (χ1) is 15.1. The number of nitrogens with one attached hydrogen (secondary N) is 3. The number of rotatable bonds is 8. The summed E-state index contributed by atoms with van der Waals surface area (Å²) in [7, 11) is 0. The first-order valence-electron chi connectivity index (χ1n) is 11.9. The maximum Gasteiger partial charge on any atom is 0.321 e. The smallest absolute Gasteiger partial charge is 0.321 e. The van der Waals surface area contributed by atoms with Crippen molar-refractivity contribution in [3.05, 3.63) is 29.8 Å². The van der Waals surface area contributed by atoms with E-state index in [2.05, 4.69) is 22.9 Å². The molecule has 31 heavy (non-hydrogen) atoms. The van der Waals surface area contributed by atoms with Gasteiger partial charge < -0.3 is 26.0 Å². The molecule has 1 saturated heterocycles. The lowest BCUT2D eigenvalue weighted by Crippen LogP contribution is -2.44. The molecule has 0 spiro atoms. The highest BCUT2D eigenvalue weighted by molar-refractivity contribution is 5.89. The maximum atomic E-state index is 12.3. The van der Waals surface area contributed by atoms with E-state index in [0.29, 0.717) is 6.54 Å². The van der Waals surface area contributed by atoms with Gasteiger partial charge in [0.2, 0.25) is 0 Å². The number of aliphatic imine (C=N–C) groups is 1. The Morgan fingerprint density at radius 3 is 2.61 bits per heavy atom. The van der Waals surface area contributed by atoms with Crippen LogP contribution in [-0.4, -0.2) is 54.8 Å². The van der Waals surface area contributed by atoms with Crippen molar-refractivity contribution < 1.29 is 9.90 Å². The van der Waals surface area contributed by atoms with Gasteiger partial charge in [0.1, 0.15) is 0 Å². The summed E-state index contributed by atoms with van der Waals surface area (Å²) in [5.41, 5.74) is 2.04. The predicted molar refractivity (Wildman–Crippen MR) is 126 cm³/mol. The van der Waals surface area contributed by atoms with E-state index < -0.39 is 0 Å². The number of likely N-dealkylation sites (tertiary alicyclic amines) is 1. The summed E-state index contributed by atoms with van der Waals surface area (Å²) in [5.74, 6) is 0.803. The van der Waals surface area contributed by atoms with Crippen LogP contribution in [0.2, 0.25) is 0 Å². The third-order valence-corrected chi connectivity index (χ3v) is 6.52. The van der Waals surface area contributed by atoms with E-state index in [1.807, 2.05) is 29.2 Å². The zero-order chi connectivity index (χ0) is 21.9. The number of anilines is 1. The summed E-state index contributed by atoms with van der Waals surface area (Å²) in [4.78, 5) is 19.0. The summed E-state index contributed by atoms with van der Waals surface area (Å²) >= 11 is 0. The number of carbonyl (C=O) groups is 1. The number of hydrogen-bond acceptors (Lipinski definition) is 3. The molecular weight excluding hydrogens is 390 g/mol. The lowest BCUT2D eigenvalue weighted by Gasteiger charge is -2.37. The molecule has 2 fully saturated rings. The second-order valence-corrected chi connectivity index (χ2v) is 8.91. The standard InChI is InChI=1S/C24H39N5O2/c1-2-25-22(27-19-24(13-16-30)11-4-3-5-12-24)26-18-20-9-8-10-21(17-20)28-23(31)29-14-6-7-15-29/h8-10,17,30H,2-7,11-16,18-19H2,1H3,(H,28,31)(H2,25,26,27). The van der Waals surface area contributed by atoms with Crippen molar-refractivity contribution >= 4 is 17.7 Å². The molecule has 2 amide bonds. The van der Waals surface area contributed by atoms with Crippen LogP contribution in [-0.2, 0) is 6.54 Å². The molecular formula is C24H39N5O2. The Labute approximate surface area is 186 Å². The minimum atomic E-state index is -0.0187. The average molecular weight is 430 g/mol. The molecule has 0 atom stereocenters. The third kappa shape index (κ3) is 7.13. The molecule has 0 unspecified atom stereocenters. The maximum absolute atomic E-state index is 12.3. The minimum absolute atomic E-state index is 0.0187. The van der Waals surface area contributed by atoms with Crippen molar-refractivity contribution in [2.75, 3.05) is 38.1 Å². The molecule has 1 heterocycles. The summed E-state index contributed by atoms with van der Waals surface area (Å²) < 4.78 is 0. The van der Waals surface area contributed by atoms with Crippen molar-refractivity contribution in [3.8, 4) is 0 Å². The molecule has 4 N–H and O–H groups in total. The Balaban J connectivity index is 1.58. The molecule has 7 heteroatoms. The van der Waals surface area contributed by atoms with Crippen LogP contribution < -0.4 is 16.0 Å². The summed E-state index contributed by atoms with van der Waals surface area (Å²) in [6.45, 7) is 6.16. The van der Waals surface area contributed by atoms with Gasteiger partial charge in [0.05, 0.1) is 6.54 Å². The molecule has 1 aliphatic carbocycles. The zero-order valence-electron chi connectivity index (χ0n) is 19.0. The molecule has 172 valence electrons. The summed E-state index contributed by atoms with van der Waals surface area (Å²) in [6, 6.07) is 7.90. The van der Waals surface area contributed by atoms with Crippen LogP contribution in [0.1, 0.15) is 63.9 Å². The highest BCUT2D eigenvalue weighted by Gasteiger charge is 2.31. The highest BCUT2D eigenvalue weighted by Crippen LogP contribution is 2.38. The van der Waals surface area contributed by atoms with Gasteiger partial charge in [-0.25, -0.2) is 9.79 Å². The molecule has 0 bridgehead atoms. The molecule has 1 aromatic rings. The fourth-order valence-electron chi connectivity index (χ4n) is 4.71. The number of urea groups is 1. The van der Waals surface area contributed by atoms with Crippen LogP contribution in [0.3, 0.4) is 0 Å². The van der Waals surface area contributed by atoms with Crippen molar-refractivity contribution in [2.45, 2.75) is 64.8 Å². The highest BCUT2D eigenvalue weighted by atomic mass is 16.3. The molecule has 0 radical (unpaired) electrons. The van der Waals surface area contributed by atoms with E-state index in [4.69, 9.17) is 4.99 Å². The van der Waals surface area contributed by atoms with Crippen LogP contribution in [0.25, 0.3) is 0 Å².